The maximum atomic E-state index is 13.5. The molecule has 1 nitrogen and oxygen atoms in total. The first kappa shape index (κ1) is 11.2. The quantitative estimate of drug-likeness (QED) is 0.737. The Morgan fingerprint density at radius 3 is 2.12 bits per heavy atom. The normalized spacial score (nSPS) is 10.0. The lowest BCUT2D eigenvalue weighted by molar-refractivity contribution is 0.583. The molecule has 0 atom stereocenters. The number of halogens is 3. The molecule has 0 aliphatic rings. The Labute approximate surface area is 95.7 Å². The minimum absolute atomic E-state index is 0.00227. The van der Waals surface area contributed by atoms with Crippen LogP contribution in [0.4, 0.5) is 13.2 Å². The molecule has 0 N–H and O–H groups in total. The molecule has 0 spiro atoms. The Bertz CT molecular complexity index is 594. The van der Waals surface area contributed by atoms with E-state index in [1.165, 1.54) is 12.1 Å². The van der Waals surface area contributed by atoms with Crippen molar-refractivity contribution in [3.8, 4) is 17.2 Å². The van der Waals surface area contributed by atoms with Crippen LogP contribution >= 0.6 is 0 Å². The molecule has 0 bridgehead atoms. The van der Waals surface area contributed by atoms with E-state index in [0.29, 0.717) is 6.07 Å². The third-order valence-electron chi connectivity index (χ3n) is 2.27. The molecule has 0 amide bonds. The Hall–Kier alpha value is -2.28. The van der Waals surface area contributed by atoms with Gasteiger partial charge in [0.25, 0.3) is 0 Å². The molecular formula is C13H6F3N. The Kier molecular flexibility index (Phi) is 2.84. The molecule has 0 radical (unpaired) electrons. The number of nitriles is 1. The maximum absolute atomic E-state index is 13.5. The fraction of sp³-hybridized carbons (Fsp3) is 0. The lowest BCUT2D eigenvalue weighted by Crippen LogP contribution is -1.89. The summed E-state index contributed by atoms with van der Waals surface area (Å²) in [6, 6.07) is 8.22. The zero-order valence-corrected chi connectivity index (χ0v) is 8.55. The van der Waals surface area contributed by atoms with Gasteiger partial charge in [-0.3, -0.25) is 0 Å². The SMILES string of the molecule is N#Cc1ccc(F)c(-c2cc(F)cc(F)c2)c1. The fourth-order valence-corrected chi connectivity index (χ4v) is 1.53. The summed E-state index contributed by atoms with van der Waals surface area (Å²) in [5.74, 6) is -2.21. The van der Waals surface area contributed by atoms with Crippen molar-refractivity contribution < 1.29 is 13.2 Å². The van der Waals surface area contributed by atoms with Gasteiger partial charge in [0.2, 0.25) is 0 Å². The highest BCUT2D eigenvalue weighted by molar-refractivity contribution is 5.66. The van der Waals surface area contributed by atoms with Crippen molar-refractivity contribution in [1.82, 2.24) is 0 Å². The second-order valence-corrected chi connectivity index (χ2v) is 3.46. The van der Waals surface area contributed by atoms with Crippen LogP contribution in [0.15, 0.2) is 36.4 Å². The monoisotopic (exact) mass is 233 g/mol. The first-order chi connectivity index (χ1) is 8.10. The summed E-state index contributed by atoms with van der Waals surface area (Å²) < 4.78 is 39.5. The lowest BCUT2D eigenvalue weighted by atomic mass is 10.0. The minimum atomic E-state index is -0.790. The third-order valence-corrected chi connectivity index (χ3v) is 2.27. The molecule has 17 heavy (non-hydrogen) atoms. The molecular weight excluding hydrogens is 227 g/mol. The van der Waals surface area contributed by atoms with Crippen LogP contribution in [0.5, 0.6) is 0 Å². The Morgan fingerprint density at radius 2 is 1.53 bits per heavy atom. The first-order valence-corrected chi connectivity index (χ1v) is 4.76. The average Bonchev–Trinajstić information content (AvgIpc) is 2.28. The van der Waals surface area contributed by atoms with Gasteiger partial charge >= 0.3 is 0 Å². The molecule has 0 saturated heterocycles. The average molecular weight is 233 g/mol. The zero-order chi connectivity index (χ0) is 12.4. The van der Waals surface area contributed by atoms with Crippen molar-refractivity contribution in [3.63, 3.8) is 0 Å². The summed E-state index contributed by atoms with van der Waals surface area (Å²) in [5, 5.41) is 8.69. The lowest BCUT2D eigenvalue weighted by Gasteiger charge is -2.04. The Balaban J connectivity index is 2.63. The van der Waals surface area contributed by atoms with Gasteiger partial charge < -0.3 is 0 Å². The molecule has 4 heteroatoms. The van der Waals surface area contributed by atoms with Gasteiger partial charge in [0.15, 0.2) is 0 Å². The number of benzene rings is 2. The van der Waals surface area contributed by atoms with Gasteiger partial charge in [0, 0.05) is 11.6 Å². The summed E-state index contributed by atoms with van der Waals surface area (Å²) in [4.78, 5) is 0. The van der Waals surface area contributed by atoms with E-state index in [-0.39, 0.29) is 16.7 Å². The molecule has 0 aliphatic heterocycles. The summed E-state index contributed by atoms with van der Waals surface area (Å²) in [6.45, 7) is 0. The largest absolute Gasteiger partial charge is 0.207 e. The first-order valence-electron chi connectivity index (χ1n) is 4.76. The van der Waals surface area contributed by atoms with Gasteiger partial charge in [-0.25, -0.2) is 13.2 Å². The van der Waals surface area contributed by atoms with Gasteiger partial charge in [0.1, 0.15) is 17.5 Å². The second kappa shape index (κ2) is 4.30. The topological polar surface area (TPSA) is 23.8 Å². The van der Waals surface area contributed by atoms with E-state index < -0.39 is 17.5 Å². The minimum Gasteiger partial charge on any atom is -0.207 e. The van der Waals surface area contributed by atoms with Gasteiger partial charge in [-0.15, -0.1) is 0 Å². The van der Waals surface area contributed by atoms with Crippen LogP contribution in [0.25, 0.3) is 11.1 Å². The molecule has 0 unspecified atom stereocenters. The van der Waals surface area contributed by atoms with Gasteiger partial charge in [-0.05, 0) is 35.9 Å². The predicted molar refractivity (Wildman–Crippen MR) is 56.5 cm³/mol. The smallest absolute Gasteiger partial charge is 0.131 e. The van der Waals surface area contributed by atoms with E-state index in [0.717, 1.165) is 18.2 Å². The van der Waals surface area contributed by atoms with Crippen LogP contribution in [0.3, 0.4) is 0 Å². The van der Waals surface area contributed by atoms with Crippen molar-refractivity contribution in [1.29, 1.82) is 5.26 Å². The molecule has 0 aromatic heterocycles. The van der Waals surface area contributed by atoms with E-state index in [4.69, 9.17) is 5.26 Å². The van der Waals surface area contributed by atoms with Crippen LogP contribution in [0.1, 0.15) is 5.56 Å². The van der Waals surface area contributed by atoms with E-state index in [1.54, 1.807) is 0 Å². The summed E-state index contributed by atoms with van der Waals surface area (Å²) in [7, 11) is 0. The highest BCUT2D eigenvalue weighted by atomic mass is 19.1. The van der Waals surface area contributed by atoms with Crippen molar-refractivity contribution in [2.24, 2.45) is 0 Å². The number of rotatable bonds is 1. The van der Waals surface area contributed by atoms with Crippen LogP contribution in [-0.2, 0) is 0 Å². The molecule has 0 fully saturated rings. The van der Waals surface area contributed by atoms with Crippen molar-refractivity contribution in [2.45, 2.75) is 0 Å². The fourth-order valence-electron chi connectivity index (χ4n) is 1.53. The van der Waals surface area contributed by atoms with Crippen LogP contribution in [0, 0.1) is 28.8 Å². The zero-order valence-electron chi connectivity index (χ0n) is 8.55. The summed E-state index contributed by atoms with van der Waals surface area (Å²) in [6.07, 6.45) is 0. The van der Waals surface area contributed by atoms with Gasteiger partial charge in [-0.2, -0.15) is 5.26 Å². The van der Waals surface area contributed by atoms with E-state index in [9.17, 15) is 13.2 Å². The molecule has 2 rings (SSSR count). The van der Waals surface area contributed by atoms with E-state index in [2.05, 4.69) is 0 Å². The standard InChI is InChI=1S/C13H6F3N/c14-10-4-9(5-11(15)6-10)12-3-8(7-17)1-2-13(12)16/h1-6H. The number of hydrogen-bond acceptors (Lipinski definition) is 1. The van der Waals surface area contributed by atoms with Gasteiger partial charge in [0.05, 0.1) is 11.6 Å². The van der Waals surface area contributed by atoms with Crippen molar-refractivity contribution in [2.75, 3.05) is 0 Å². The summed E-state index contributed by atoms with van der Waals surface area (Å²) in [5.41, 5.74) is 0.297. The predicted octanol–water partition coefficient (Wildman–Crippen LogP) is 3.64. The highest BCUT2D eigenvalue weighted by Crippen LogP contribution is 2.25. The third kappa shape index (κ3) is 2.28. The maximum Gasteiger partial charge on any atom is 0.131 e. The van der Waals surface area contributed by atoms with Crippen LogP contribution in [-0.4, -0.2) is 0 Å². The van der Waals surface area contributed by atoms with Crippen molar-refractivity contribution >= 4 is 0 Å². The molecule has 2 aromatic carbocycles. The molecule has 0 aliphatic carbocycles. The number of hydrogen-bond donors (Lipinski definition) is 0. The summed E-state index contributed by atoms with van der Waals surface area (Å²) >= 11 is 0. The van der Waals surface area contributed by atoms with Crippen LogP contribution in [0.2, 0.25) is 0 Å². The molecule has 2 aromatic rings. The second-order valence-electron chi connectivity index (χ2n) is 3.46. The molecule has 84 valence electrons. The van der Waals surface area contributed by atoms with Crippen molar-refractivity contribution in [3.05, 3.63) is 59.4 Å². The molecule has 0 heterocycles. The van der Waals surface area contributed by atoms with E-state index in [1.807, 2.05) is 6.07 Å². The Morgan fingerprint density at radius 1 is 0.882 bits per heavy atom. The molecule has 0 saturated carbocycles. The van der Waals surface area contributed by atoms with Gasteiger partial charge in [-0.1, -0.05) is 0 Å². The van der Waals surface area contributed by atoms with Crippen LogP contribution < -0.4 is 0 Å². The van der Waals surface area contributed by atoms with E-state index >= 15 is 0 Å². The highest BCUT2D eigenvalue weighted by Gasteiger charge is 2.09. The number of nitrogens with zero attached hydrogens (tertiary/aromatic N) is 1.